The molecule has 0 amide bonds. The van der Waals surface area contributed by atoms with Gasteiger partial charge in [0.2, 0.25) is 0 Å². The molecule has 1 aliphatic heterocycles. The zero-order valence-electron chi connectivity index (χ0n) is 6.64. The summed E-state index contributed by atoms with van der Waals surface area (Å²) in [5.41, 5.74) is 6.43. The molecule has 2 aliphatic rings. The van der Waals surface area contributed by atoms with Gasteiger partial charge in [-0.15, -0.1) is 0 Å². The second kappa shape index (κ2) is 1.95. The van der Waals surface area contributed by atoms with Gasteiger partial charge in [0.05, 0.1) is 0 Å². The zero-order valence-corrected chi connectivity index (χ0v) is 6.64. The van der Waals surface area contributed by atoms with Crippen molar-refractivity contribution in [3.63, 3.8) is 0 Å². The van der Waals surface area contributed by atoms with Gasteiger partial charge >= 0.3 is 0 Å². The Hall–Kier alpha value is -0.0800. The molecule has 10 heavy (non-hydrogen) atoms. The molecule has 0 bridgehead atoms. The number of piperidine rings is 1. The fraction of sp³-hybridized carbons (Fsp3) is 1.00. The molecule has 2 rings (SSSR count). The minimum Gasteiger partial charge on any atom is -0.327 e. The van der Waals surface area contributed by atoms with Crippen molar-refractivity contribution < 1.29 is 0 Å². The molecule has 2 fully saturated rings. The minimum atomic E-state index is 0.523. The van der Waals surface area contributed by atoms with Gasteiger partial charge in [-0.25, -0.2) is 0 Å². The monoisotopic (exact) mass is 140 g/mol. The fourth-order valence-corrected chi connectivity index (χ4v) is 2.25. The maximum absolute atomic E-state index is 5.87. The van der Waals surface area contributed by atoms with Gasteiger partial charge in [0.15, 0.2) is 0 Å². The zero-order chi connectivity index (χ0) is 7.19. The van der Waals surface area contributed by atoms with Crippen LogP contribution in [0, 0.1) is 5.41 Å². The molecule has 1 aliphatic carbocycles. The SMILES string of the molecule is CN1CCC[C@]2(C[C@@H]2N)C1. The molecule has 2 heteroatoms. The van der Waals surface area contributed by atoms with Crippen LogP contribution in [-0.2, 0) is 0 Å². The predicted molar refractivity (Wildman–Crippen MR) is 41.8 cm³/mol. The molecule has 1 saturated carbocycles. The predicted octanol–water partition coefficient (Wildman–Crippen LogP) is 0.429. The summed E-state index contributed by atoms with van der Waals surface area (Å²) in [6, 6.07) is 0.523. The summed E-state index contributed by atoms with van der Waals surface area (Å²) >= 11 is 0. The third kappa shape index (κ3) is 0.867. The van der Waals surface area contributed by atoms with Gasteiger partial charge in [-0.2, -0.15) is 0 Å². The van der Waals surface area contributed by atoms with Crippen molar-refractivity contribution in [3.05, 3.63) is 0 Å². The minimum absolute atomic E-state index is 0.523. The van der Waals surface area contributed by atoms with E-state index in [2.05, 4.69) is 11.9 Å². The molecular formula is C8H16N2. The lowest BCUT2D eigenvalue weighted by molar-refractivity contribution is 0.190. The van der Waals surface area contributed by atoms with Gasteiger partial charge < -0.3 is 10.6 Å². The van der Waals surface area contributed by atoms with Crippen molar-refractivity contribution in [2.75, 3.05) is 20.1 Å². The van der Waals surface area contributed by atoms with E-state index in [1.165, 1.54) is 32.4 Å². The van der Waals surface area contributed by atoms with Gasteiger partial charge in [0.25, 0.3) is 0 Å². The standard InChI is InChI=1S/C8H16N2/c1-10-4-2-3-8(6-10)5-7(8)9/h7H,2-6,9H2,1H3/t7-,8-/m0/s1. The van der Waals surface area contributed by atoms with E-state index in [9.17, 15) is 0 Å². The third-order valence-corrected chi connectivity index (χ3v) is 3.05. The number of nitrogens with two attached hydrogens (primary N) is 1. The van der Waals surface area contributed by atoms with Gasteiger partial charge in [-0.1, -0.05) is 0 Å². The summed E-state index contributed by atoms with van der Waals surface area (Å²) in [6.45, 7) is 2.52. The van der Waals surface area contributed by atoms with Gasteiger partial charge in [-0.05, 0) is 38.3 Å². The molecule has 0 unspecified atom stereocenters. The lowest BCUT2D eigenvalue weighted by Crippen LogP contribution is -2.36. The number of nitrogens with zero attached hydrogens (tertiary/aromatic N) is 1. The molecule has 58 valence electrons. The first-order valence-corrected chi connectivity index (χ1v) is 4.17. The van der Waals surface area contributed by atoms with Crippen LogP contribution >= 0.6 is 0 Å². The number of hydrogen-bond acceptors (Lipinski definition) is 2. The molecule has 2 nitrogen and oxygen atoms in total. The molecule has 0 aromatic rings. The molecule has 2 N–H and O–H groups in total. The second-order valence-corrected chi connectivity index (χ2v) is 4.01. The maximum Gasteiger partial charge on any atom is 0.0115 e. The number of hydrogen-bond donors (Lipinski definition) is 1. The Morgan fingerprint density at radius 2 is 2.30 bits per heavy atom. The van der Waals surface area contributed by atoms with Gasteiger partial charge in [-0.3, -0.25) is 0 Å². The Kier molecular flexibility index (Phi) is 1.29. The second-order valence-electron chi connectivity index (χ2n) is 4.01. The lowest BCUT2D eigenvalue weighted by Gasteiger charge is -2.30. The van der Waals surface area contributed by atoms with E-state index < -0.39 is 0 Å². The van der Waals surface area contributed by atoms with E-state index in [1.54, 1.807) is 0 Å². The Labute approximate surface area is 62.4 Å². The summed E-state index contributed by atoms with van der Waals surface area (Å²) in [6.07, 6.45) is 4.00. The van der Waals surface area contributed by atoms with Crippen LogP contribution < -0.4 is 5.73 Å². The highest BCUT2D eigenvalue weighted by Gasteiger charge is 2.52. The summed E-state index contributed by atoms with van der Waals surface area (Å²) in [4.78, 5) is 2.41. The highest BCUT2D eigenvalue weighted by atomic mass is 15.1. The molecule has 1 spiro atoms. The average Bonchev–Trinajstić information content (AvgIpc) is 2.41. The lowest BCUT2D eigenvalue weighted by atomic mass is 9.95. The van der Waals surface area contributed by atoms with Crippen LogP contribution in [0.1, 0.15) is 19.3 Å². The van der Waals surface area contributed by atoms with E-state index in [4.69, 9.17) is 5.73 Å². The summed E-state index contributed by atoms with van der Waals surface area (Å²) < 4.78 is 0. The first-order chi connectivity index (χ1) is 4.73. The van der Waals surface area contributed by atoms with Crippen LogP contribution in [0.3, 0.4) is 0 Å². The van der Waals surface area contributed by atoms with E-state index >= 15 is 0 Å². The van der Waals surface area contributed by atoms with Crippen molar-refractivity contribution in [1.82, 2.24) is 4.90 Å². The molecule has 2 atom stereocenters. The third-order valence-electron chi connectivity index (χ3n) is 3.05. The molecule has 0 radical (unpaired) electrons. The van der Waals surface area contributed by atoms with E-state index in [1.807, 2.05) is 0 Å². The largest absolute Gasteiger partial charge is 0.327 e. The van der Waals surface area contributed by atoms with Crippen LogP contribution in [-0.4, -0.2) is 31.1 Å². The number of likely N-dealkylation sites (tertiary alicyclic amines) is 1. The highest BCUT2D eigenvalue weighted by molar-refractivity contribution is 5.08. The van der Waals surface area contributed by atoms with Crippen LogP contribution in [0.5, 0.6) is 0 Å². The van der Waals surface area contributed by atoms with E-state index in [-0.39, 0.29) is 0 Å². The Balaban J connectivity index is 1.99. The van der Waals surface area contributed by atoms with Crippen molar-refractivity contribution >= 4 is 0 Å². The summed E-state index contributed by atoms with van der Waals surface area (Å²) in [5.74, 6) is 0. The van der Waals surface area contributed by atoms with Crippen LogP contribution in [0.15, 0.2) is 0 Å². The van der Waals surface area contributed by atoms with Gasteiger partial charge in [0.1, 0.15) is 0 Å². The van der Waals surface area contributed by atoms with Crippen molar-refractivity contribution in [2.24, 2.45) is 11.1 Å². The maximum atomic E-state index is 5.87. The van der Waals surface area contributed by atoms with E-state index in [0.717, 1.165) is 0 Å². The fourth-order valence-electron chi connectivity index (χ4n) is 2.25. The van der Waals surface area contributed by atoms with Crippen molar-refractivity contribution in [3.8, 4) is 0 Å². The topological polar surface area (TPSA) is 29.3 Å². The molecule has 0 aromatic carbocycles. The van der Waals surface area contributed by atoms with Crippen LogP contribution in [0.25, 0.3) is 0 Å². The van der Waals surface area contributed by atoms with Crippen molar-refractivity contribution in [1.29, 1.82) is 0 Å². The Morgan fingerprint density at radius 1 is 1.60 bits per heavy atom. The van der Waals surface area contributed by atoms with Gasteiger partial charge in [0, 0.05) is 12.6 Å². The first kappa shape index (κ1) is 6.62. The normalized spacial score (nSPS) is 48.0. The molecule has 0 aromatic heterocycles. The molecular weight excluding hydrogens is 124 g/mol. The first-order valence-electron chi connectivity index (χ1n) is 4.17. The Bertz CT molecular complexity index is 146. The molecule has 1 heterocycles. The smallest absolute Gasteiger partial charge is 0.0115 e. The Morgan fingerprint density at radius 3 is 2.70 bits per heavy atom. The van der Waals surface area contributed by atoms with Crippen molar-refractivity contribution in [2.45, 2.75) is 25.3 Å². The summed E-state index contributed by atoms with van der Waals surface area (Å²) in [7, 11) is 2.20. The quantitative estimate of drug-likeness (QED) is 0.528. The molecule has 1 saturated heterocycles. The van der Waals surface area contributed by atoms with E-state index in [0.29, 0.717) is 11.5 Å². The average molecular weight is 140 g/mol. The van der Waals surface area contributed by atoms with Crippen LogP contribution in [0.2, 0.25) is 0 Å². The number of rotatable bonds is 0. The highest BCUT2D eigenvalue weighted by Crippen LogP contribution is 2.50. The van der Waals surface area contributed by atoms with Crippen LogP contribution in [0.4, 0.5) is 0 Å². The summed E-state index contributed by atoms with van der Waals surface area (Å²) in [5, 5.41) is 0.